The zero-order chi connectivity index (χ0) is 15.4. The van der Waals surface area contributed by atoms with Crippen molar-refractivity contribution in [3.63, 3.8) is 0 Å². The van der Waals surface area contributed by atoms with Crippen LogP contribution in [0.2, 0.25) is 0 Å². The van der Waals surface area contributed by atoms with Crippen molar-refractivity contribution >= 4 is 0 Å². The molecule has 0 bridgehead atoms. The van der Waals surface area contributed by atoms with E-state index in [0.717, 1.165) is 5.56 Å². The molecular formula is C17H19FO3. The molecule has 0 saturated heterocycles. The zero-order valence-electron chi connectivity index (χ0n) is 12.1. The summed E-state index contributed by atoms with van der Waals surface area (Å²) in [6.07, 6.45) is -0.361. The van der Waals surface area contributed by atoms with E-state index in [1.807, 2.05) is 18.2 Å². The molecule has 0 aromatic heterocycles. The van der Waals surface area contributed by atoms with Gasteiger partial charge in [-0.2, -0.15) is 0 Å². The van der Waals surface area contributed by atoms with Crippen LogP contribution in [-0.2, 0) is 6.42 Å². The number of ether oxygens (including phenoxy) is 1. The fourth-order valence-electron chi connectivity index (χ4n) is 2.13. The molecule has 1 atom stereocenters. The van der Waals surface area contributed by atoms with E-state index in [4.69, 9.17) is 9.84 Å². The van der Waals surface area contributed by atoms with Gasteiger partial charge in [0.1, 0.15) is 17.3 Å². The summed E-state index contributed by atoms with van der Waals surface area (Å²) >= 11 is 0. The van der Waals surface area contributed by atoms with Gasteiger partial charge >= 0.3 is 0 Å². The molecule has 0 heterocycles. The first kappa shape index (κ1) is 15.5. The zero-order valence-corrected chi connectivity index (χ0v) is 12.1. The Hall–Kier alpha value is -1.91. The first-order valence-electron chi connectivity index (χ1n) is 6.87. The van der Waals surface area contributed by atoms with Gasteiger partial charge in [-0.3, -0.25) is 0 Å². The largest absolute Gasteiger partial charge is 0.457 e. The highest BCUT2D eigenvalue weighted by Crippen LogP contribution is 2.33. The number of hydrogen-bond donors (Lipinski definition) is 2. The summed E-state index contributed by atoms with van der Waals surface area (Å²) in [6, 6.07) is 10.2. The molecule has 2 rings (SSSR count). The van der Waals surface area contributed by atoms with Crippen LogP contribution in [0.25, 0.3) is 0 Å². The second kappa shape index (κ2) is 6.70. The molecule has 0 radical (unpaired) electrons. The minimum absolute atomic E-state index is 0.0199. The van der Waals surface area contributed by atoms with E-state index in [1.54, 1.807) is 26.0 Å². The van der Waals surface area contributed by atoms with Gasteiger partial charge in [-0.05, 0) is 49.6 Å². The SMILES string of the molecule is Cc1cc(Oc2ccccc2CCO)c([C@H](C)O)cc1F. The standard InChI is InChI=1S/C17H19FO3/c1-11-9-17(14(12(2)20)10-15(11)18)21-16-6-4-3-5-13(16)7-8-19/h3-6,9-10,12,19-20H,7-8H2,1-2H3/t12-/m0/s1. The van der Waals surface area contributed by atoms with Gasteiger partial charge in [-0.15, -0.1) is 0 Å². The Morgan fingerprint density at radius 1 is 1.19 bits per heavy atom. The van der Waals surface area contributed by atoms with E-state index >= 15 is 0 Å². The Labute approximate surface area is 123 Å². The van der Waals surface area contributed by atoms with Crippen molar-refractivity contribution in [1.29, 1.82) is 0 Å². The van der Waals surface area contributed by atoms with Crippen LogP contribution in [0.1, 0.15) is 29.7 Å². The lowest BCUT2D eigenvalue weighted by atomic mass is 10.1. The Morgan fingerprint density at radius 2 is 1.90 bits per heavy atom. The highest BCUT2D eigenvalue weighted by atomic mass is 19.1. The molecule has 0 amide bonds. The smallest absolute Gasteiger partial charge is 0.133 e. The van der Waals surface area contributed by atoms with Gasteiger partial charge in [0.05, 0.1) is 6.10 Å². The van der Waals surface area contributed by atoms with Crippen LogP contribution in [0, 0.1) is 12.7 Å². The molecule has 112 valence electrons. The third-order valence-electron chi connectivity index (χ3n) is 3.31. The Bertz CT molecular complexity index is 623. The summed E-state index contributed by atoms with van der Waals surface area (Å²) in [4.78, 5) is 0. The number of aliphatic hydroxyl groups is 2. The van der Waals surface area contributed by atoms with Crippen molar-refractivity contribution in [1.82, 2.24) is 0 Å². The minimum Gasteiger partial charge on any atom is -0.457 e. The fraction of sp³-hybridized carbons (Fsp3) is 0.294. The predicted molar refractivity (Wildman–Crippen MR) is 79.1 cm³/mol. The van der Waals surface area contributed by atoms with E-state index in [0.29, 0.717) is 29.0 Å². The van der Waals surface area contributed by atoms with Gasteiger partial charge < -0.3 is 14.9 Å². The second-order valence-electron chi connectivity index (χ2n) is 5.00. The maximum atomic E-state index is 13.7. The molecule has 0 aliphatic carbocycles. The van der Waals surface area contributed by atoms with Gasteiger partial charge in [0.2, 0.25) is 0 Å². The van der Waals surface area contributed by atoms with Crippen LogP contribution < -0.4 is 4.74 Å². The molecule has 0 fully saturated rings. The van der Waals surface area contributed by atoms with Crippen LogP contribution in [0.3, 0.4) is 0 Å². The number of rotatable bonds is 5. The normalized spacial score (nSPS) is 12.2. The number of hydrogen-bond acceptors (Lipinski definition) is 3. The van der Waals surface area contributed by atoms with Crippen LogP contribution in [0.4, 0.5) is 4.39 Å². The molecular weight excluding hydrogens is 271 g/mol. The molecule has 4 heteroatoms. The van der Waals surface area contributed by atoms with Crippen LogP contribution in [0.5, 0.6) is 11.5 Å². The lowest BCUT2D eigenvalue weighted by Crippen LogP contribution is -2.01. The molecule has 0 saturated carbocycles. The molecule has 2 N–H and O–H groups in total. The van der Waals surface area contributed by atoms with E-state index in [2.05, 4.69) is 0 Å². The number of benzene rings is 2. The lowest BCUT2D eigenvalue weighted by Gasteiger charge is -2.16. The molecule has 0 aliphatic rings. The van der Waals surface area contributed by atoms with E-state index < -0.39 is 6.10 Å². The van der Waals surface area contributed by atoms with Gasteiger partial charge in [0.15, 0.2) is 0 Å². The van der Waals surface area contributed by atoms with Gasteiger partial charge in [0.25, 0.3) is 0 Å². The summed E-state index contributed by atoms with van der Waals surface area (Å²) in [5.74, 6) is 0.649. The Kier molecular flexibility index (Phi) is 4.94. The predicted octanol–water partition coefficient (Wildman–Crippen LogP) is 3.51. The molecule has 0 aliphatic heterocycles. The summed E-state index contributed by atoms with van der Waals surface area (Å²) in [7, 11) is 0. The summed E-state index contributed by atoms with van der Waals surface area (Å²) in [6.45, 7) is 3.23. The highest BCUT2D eigenvalue weighted by Gasteiger charge is 2.15. The molecule has 2 aromatic carbocycles. The molecule has 21 heavy (non-hydrogen) atoms. The third kappa shape index (κ3) is 3.60. The van der Waals surface area contributed by atoms with Crippen molar-refractivity contribution in [2.45, 2.75) is 26.4 Å². The number of para-hydroxylation sites is 1. The second-order valence-corrected chi connectivity index (χ2v) is 5.00. The summed E-state index contributed by atoms with van der Waals surface area (Å²) in [5.41, 5.74) is 1.71. The first-order valence-corrected chi connectivity index (χ1v) is 6.87. The maximum Gasteiger partial charge on any atom is 0.133 e. The van der Waals surface area contributed by atoms with Crippen molar-refractivity contribution < 1.29 is 19.3 Å². The van der Waals surface area contributed by atoms with E-state index in [1.165, 1.54) is 6.07 Å². The maximum absolute atomic E-state index is 13.7. The van der Waals surface area contributed by atoms with Crippen molar-refractivity contribution in [3.05, 3.63) is 58.9 Å². The van der Waals surface area contributed by atoms with Gasteiger partial charge in [0, 0.05) is 12.2 Å². The Balaban J connectivity index is 2.41. The van der Waals surface area contributed by atoms with Gasteiger partial charge in [-0.1, -0.05) is 18.2 Å². The van der Waals surface area contributed by atoms with Crippen molar-refractivity contribution in [3.8, 4) is 11.5 Å². The van der Waals surface area contributed by atoms with Crippen LogP contribution >= 0.6 is 0 Å². The fourth-order valence-corrected chi connectivity index (χ4v) is 2.13. The monoisotopic (exact) mass is 290 g/mol. The molecule has 0 spiro atoms. The first-order chi connectivity index (χ1) is 10.0. The number of aliphatic hydroxyl groups excluding tert-OH is 2. The average molecular weight is 290 g/mol. The van der Waals surface area contributed by atoms with Crippen LogP contribution in [0.15, 0.2) is 36.4 Å². The topological polar surface area (TPSA) is 49.7 Å². The van der Waals surface area contributed by atoms with Gasteiger partial charge in [-0.25, -0.2) is 4.39 Å². The number of aryl methyl sites for hydroxylation is 1. The Morgan fingerprint density at radius 3 is 2.57 bits per heavy atom. The lowest BCUT2D eigenvalue weighted by molar-refractivity contribution is 0.195. The number of halogens is 1. The average Bonchev–Trinajstić information content (AvgIpc) is 2.44. The summed E-state index contributed by atoms with van der Waals surface area (Å²) in [5, 5.41) is 18.9. The van der Waals surface area contributed by atoms with Crippen molar-refractivity contribution in [2.24, 2.45) is 0 Å². The highest BCUT2D eigenvalue weighted by molar-refractivity contribution is 5.44. The minimum atomic E-state index is -0.833. The quantitative estimate of drug-likeness (QED) is 0.886. The molecule has 2 aromatic rings. The van der Waals surface area contributed by atoms with Crippen molar-refractivity contribution in [2.75, 3.05) is 6.61 Å². The van der Waals surface area contributed by atoms with E-state index in [9.17, 15) is 9.50 Å². The molecule has 0 unspecified atom stereocenters. The van der Waals surface area contributed by atoms with E-state index in [-0.39, 0.29) is 12.4 Å². The summed E-state index contributed by atoms with van der Waals surface area (Å²) < 4.78 is 19.5. The molecule has 3 nitrogen and oxygen atoms in total. The third-order valence-corrected chi connectivity index (χ3v) is 3.31. The van der Waals surface area contributed by atoms with Crippen LogP contribution in [-0.4, -0.2) is 16.8 Å².